The summed E-state index contributed by atoms with van der Waals surface area (Å²) < 4.78 is 0. The Kier molecular flexibility index (Phi) is 3.62. The average Bonchev–Trinajstić information content (AvgIpc) is 2.89. The SMILES string of the molecule is CC(C)C1CCN(C(=O)c2c[nH]c3cc(N)ccc23)CC1. The molecule has 112 valence electrons. The molecule has 1 aromatic heterocycles. The van der Waals surface area contributed by atoms with Crippen LogP contribution in [0.15, 0.2) is 24.4 Å². The first-order valence-electron chi connectivity index (χ1n) is 7.72. The number of hydrogen-bond acceptors (Lipinski definition) is 2. The molecule has 1 saturated heterocycles. The molecular formula is C17H23N3O. The summed E-state index contributed by atoms with van der Waals surface area (Å²) in [5, 5.41) is 0.959. The molecule has 2 aromatic rings. The van der Waals surface area contributed by atoms with E-state index in [1.807, 2.05) is 23.1 Å². The number of nitrogens with two attached hydrogens (primary N) is 1. The Labute approximate surface area is 125 Å². The lowest BCUT2D eigenvalue weighted by atomic mass is 9.86. The highest BCUT2D eigenvalue weighted by Gasteiger charge is 2.26. The van der Waals surface area contributed by atoms with Gasteiger partial charge in [0.05, 0.1) is 5.56 Å². The molecule has 3 N–H and O–H groups in total. The number of likely N-dealkylation sites (tertiary alicyclic amines) is 1. The summed E-state index contributed by atoms with van der Waals surface area (Å²) in [5.74, 6) is 1.59. The molecule has 1 aliphatic heterocycles. The Hall–Kier alpha value is -1.97. The Bertz CT molecular complexity index is 651. The molecule has 1 aromatic carbocycles. The van der Waals surface area contributed by atoms with E-state index in [1.54, 1.807) is 6.20 Å². The van der Waals surface area contributed by atoms with Crippen molar-refractivity contribution in [3.8, 4) is 0 Å². The third-order valence-corrected chi connectivity index (χ3v) is 4.71. The summed E-state index contributed by atoms with van der Waals surface area (Å²) in [5.41, 5.74) is 8.17. The zero-order chi connectivity index (χ0) is 15.0. The van der Waals surface area contributed by atoms with Crippen molar-refractivity contribution in [1.82, 2.24) is 9.88 Å². The highest BCUT2D eigenvalue weighted by Crippen LogP contribution is 2.27. The van der Waals surface area contributed by atoms with Crippen molar-refractivity contribution in [2.75, 3.05) is 18.8 Å². The van der Waals surface area contributed by atoms with Crippen LogP contribution >= 0.6 is 0 Å². The molecule has 0 bridgehead atoms. The maximum absolute atomic E-state index is 12.7. The molecule has 0 radical (unpaired) electrons. The van der Waals surface area contributed by atoms with Crippen molar-refractivity contribution >= 4 is 22.5 Å². The van der Waals surface area contributed by atoms with Crippen LogP contribution in [0.2, 0.25) is 0 Å². The monoisotopic (exact) mass is 285 g/mol. The Morgan fingerprint density at radius 3 is 2.71 bits per heavy atom. The van der Waals surface area contributed by atoms with E-state index in [0.29, 0.717) is 11.6 Å². The number of aromatic amines is 1. The van der Waals surface area contributed by atoms with Crippen LogP contribution in [0.4, 0.5) is 5.69 Å². The number of aromatic nitrogens is 1. The van der Waals surface area contributed by atoms with Gasteiger partial charge in [-0.25, -0.2) is 0 Å². The van der Waals surface area contributed by atoms with Crippen LogP contribution in [0, 0.1) is 11.8 Å². The molecule has 0 spiro atoms. The predicted octanol–water partition coefficient (Wildman–Crippen LogP) is 3.26. The van der Waals surface area contributed by atoms with Crippen molar-refractivity contribution in [1.29, 1.82) is 0 Å². The largest absolute Gasteiger partial charge is 0.399 e. The van der Waals surface area contributed by atoms with Crippen LogP contribution in [0.25, 0.3) is 10.9 Å². The highest BCUT2D eigenvalue weighted by molar-refractivity contribution is 6.07. The van der Waals surface area contributed by atoms with E-state index < -0.39 is 0 Å². The molecule has 1 aliphatic rings. The van der Waals surface area contributed by atoms with Gasteiger partial charge in [-0.15, -0.1) is 0 Å². The van der Waals surface area contributed by atoms with Crippen molar-refractivity contribution < 1.29 is 4.79 Å². The number of amides is 1. The molecule has 21 heavy (non-hydrogen) atoms. The van der Waals surface area contributed by atoms with Gasteiger partial charge in [-0.1, -0.05) is 13.8 Å². The first-order valence-corrected chi connectivity index (χ1v) is 7.72. The number of nitrogens with one attached hydrogen (secondary N) is 1. The Balaban J connectivity index is 1.79. The molecule has 0 unspecified atom stereocenters. The molecular weight excluding hydrogens is 262 g/mol. The number of hydrogen-bond donors (Lipinski definition) is 2. The minimum absolute atomic E-state index is 0.133. The standard InChI is InChI=1S/C17H23N3O/c1-11(2)12-5-7-20(8-6-12)17(21)15-10-19-16-9-13(18)3-4-14(15)16/h3-4,9-12,19H,5-8,18H2,1-2H3. The van der Waals surface area contributed by atoms with Crippen LogP contribution in [0.3, 0.4) is 0 Å². The van der Waals surface area contributed by atoms with Gasteiger partial charge < -0.3 is 15.6 Å². The van der Waals surface area contributed by atoms with Gasteiger partial charge in [0.15, 0.2) is 0 Å². The zero-order valence-corrected chi connectivity index (χ0v) is 12.7. The number of carbonyl (C=O) groups excluding carboxylic acids is 1. The van der Waals surface area contributed by atoms with E-state index in [2.05, 4.69) is 18.8 Å². The minimum Gasteiger partial charge on any atom is -0.399 e. The van der Waals surface area contributed by atoms with Gasteiger partial charge >= 0.3 is 0 Å². The lowest BCUT2D eigenvalue weighted by molar-refractivity contribution is 0.0670. The van der Waals surface area contributed by atoms with Gasteiger partial charge in [-0.3, -0.25) is 4.79 Å². The Morgan fingerprint density at radius 2 is 2.05 bits per heavy atom. The van der Waals surface area contributed by atoms with E-state index in [-0.39, 0.29) is 5.91 Å². The summed E-state index contributed by atoms with van der Waals surface area (Å²) in [6, 6.07) is 5.64. The van der Waals surface area contributed by atoms with Crippen LogP contribution in [-0.4, -0.2) is 28.9 Å². The van der Waals surface area contributed by atoms with Crippen LogP contribution < -0.4 is 5.73 Å². The molecule has 0 atom stereocenters. The number of nitrogens with zero attached hydrogens (tertiary/aromatic N) is 1. The second-order valence-corrected chi connectivity index (χ2v) is 6.38. The van der Waals surface area contributed by atoms with Crippen LogP contribution in [-0.2, 0) is 0 Å². The first kappa shape index (κ1) is 14.0. The van der Waals surface area contributed by atoms with Gasteiger partial charge in [0.25, 0.3) is 5.91 Å². The molecule has 2 heterocycles. The lowest BCUT2D eigenvalue weighted by Gasteiger charge is -2.33. The number of piperidine rings is 1. The fourth-order valence-electron chi connectivity index (χ4n) is 3.26. The Morgan fingerprint density at radius 1 is 1.33 bits per heavy atom. The van der Waals surface area contributed by atoms with E-state index >= 15 is 0 Å². The van der Waals surface area contributed by atoms with Crippen LogP contribution in [0.1, 0.15) is 37.0 Å². The fourth-order valence-corrected chi connectivity index (χ4v) is 3.26. The van der Waals surface area contributed by atoms with E-state index in [9.17, 15) is 4.79 Å². The first-order chi connectivity index (χ1) is 10.1. The molecule has 1 amide bonds. The van der Waals surface area contributed by atoms with Crippen molar-refractivity contribution in [2.45, 2.75) is 26.7 Å². The van der Waals surface area contributed by atoms with Gasteiger partial charge in [0, 0.05) is 35.9 Å². The quantitative estimate of drug-likeness (QED) is 0.832. The number of fused-ring (bicyclic) bond motifs is 1. The summed E-state index contributed by atoms with van der Waals surface area (Å²) in [6.45, 7) is 6.27. The summed E-state index contributed by atoms with van der Waals surface area (Å²) in [7, 11) is 0. The fraction of sp³-hybridized carbons (Fsp3) is 0.471. The number of anilines is 1. The van der Waals surface area contributed by atoms with Crippen LogP contribution in [0.5, 0.6) is 0 Å². The number of rotatable bonds is 2. The maximum Gasteiger partial charge on any atom is 0.256 e. The van der Waals surface area contributed by atoms with E-state index in [0.717, 1.165) is 48.3 Å². The van der Waals surface area contributed by atoms with Gasteiger partial charge in [-0.2, -0.15) is 0 Å². The molecule has 4 nitrogen and oxygen atoms in total. The van der Waals surface area contributed by atoms with E-state index in [1.165, 1.54) is 0 Å². The third-order valence-electron chi connectivity index (χ3n) is 4.71. The summed E-state index contributed by atoms with van der Waals surface area (Å²) in [6.07, 6.45) is 4.03. The lowest BCUT2D eigenvalue weighted by Crippen LogP contribution is -2.39. The predicted molar refractivity (Wildman–Crippen MR) is 86.2 cm³/mol. The minimum atomic E-state index is 0.133. The molecule has 0 aliphatic carbocycles. The second-order valence-electron chi connectivity index (χ2n) is 6.38. The van der Waals surface area contributed by atoms with Crippen molar-refractivity contribution in [2.24, 2.45) is 11.8 Å². The topological polar surface area (TPSA) is 62.1 Å². The third kappa shape index (κ3) is 2.62. The van der Waals surface area contributed by atoms with Gasteiger partial charge in [-0.05, 0) is 42.9 Å². The zero-order valence-electron chi connectivity index (χ0n) is 12.7. The highest BCUT2D eigenvalue weighted by atomic mass is 16.2. The van der Waals surface area contributed by atoms with Crippen molar-refractivity contribution in [3.63, 3.8) is 0 Å². The van der Waals surface area contributed by atoms with Crippen molar-refractivity contribution in [3.05, 3.63) is 30.0 Å². The average molecular weight is 285 g/mol. The van der Waals surface area contributed by atoms with Gasteiger partial charge in [0.2, 0.25) is 0 Å². The number of H-pyrrole nitrogens is 1. The van der Waals surface area contributed by atoms with Gasteiger partial charge in [0.1, 0.15) is 0 Å². The number of nitrogen functional groups attached to an aromatic ring is 1. The molecule has 4 heteroatoms. The summed E-state index contributed by atoms with van der Waals surface area (Å²) >= 11 is 0. The molecule has 1 fully saturated rings. The normalized spacial score (nSPS) is 16.8. The number of carbonyl (C=O) groups is 1. The second kappa shape index (κ2) is 5.43. The van der Waals surface area contributed by atoms with E-state index in [4.69, 9.17) is 5.73 Å². The maximum atomic E-state index is 12.7. The smallest absolute Gasteiger partial charge is 0.256 e. The molecule has 3 rings (SSSR count). The molecule has 0 saturated carbocycles. The number of benzene rings is 1. The summed E-state index contributed by atoms with van der Waals surface area (Å²) in [4.78, 5) is 17.8.